The Balaban J connectivity index is 1.79. The van der Waals surface area contributed by atoms with Gasteiger partial charge in [0.05, 0.1) is 5.69 Å². The predicted octanol–water partition coefficient (Wildman–Crippen LogP) is 3.97. The Bertz CT molecular complexity index is 539. The minimum absolute atomic E-state index is 0.142. The van der Waals surface area contributed by atoms with Gasteiger partial charge in [-0.15, -0.1) is 0 Å². The zero-order chi connectivity index (χ0) is 14.8. The molecule has 2 aliphatic rings. The highest BCUT2D eigenvalue weighted by Crippen LogP contribution is 2.37. The maximum atomic E-state index is 12.4. The lowest BCUT2D eigenvalue weighted by Crippen LogP contribution is -2.24. The van der Waals surface area contributed by atoms with Gasteiger partial charge >= 0.3 is 0 Å². The highest BCUT2D eigenvalue weighted by atomic mass is 16.1. The molecular formula is C18H28N2O. The van der Waals surface area contributed by atoms with E-state index in [1.807, 2.05) is 0 Å². The van der Waals surface area contributed by atoms with Gasteiger partial charge in [0, 0.05) is 11.5 Å². The number of fused-ring (bicyclic) bond motifs is 1. The van der Waals surface area contributed by atoms with Crippen LogP contribution in [0.1, 0.15) is 81.8 Å². The molecule has 3 nitrogen and oxygen atoms in total. The SMILES string of the molecule is CC(C)C1CCC(c2nc3c(c(=O)[nH]2)CCCCC3)CC1. The van der Waals surface area contributed by atoms with E-state index in [1.165, 1.54) is 38.5 Å². The first-order valence-electron chi connectivity index (χ1n) is 8.77. The number of H-pyrrole nitrogens is 1. The summed E-state index contributed by atoms with van der Waals surface area (Å²) in [6.07, 6.45) is 10.4. The maximum absolute atomic E-state index is 12.4. The van der Waals surface area contributed by atoms with Gasteiger partial charge in [0.1, 0.15) is 5.82 Å². The van der Waals surface area contributed by atoms with Crippen LogP contribution in [0.4, 0.5) is 0 Å². The van der Waals surface area contributed by atoms with Gasteiger partial charge in [0.25, 0.3) is 5.56 Å². The molecule has 1 aromatic heterocycles. The van der Waals surface area contributed by atoms with Gasteiger partial charge in [-0.25, -0.2) is 4.98 Å². The minimum atomic E-state index is 0.142. The molecule has 21 heavy (non-hydrogen) atoms. The van der Waals surface area contributed by atoms with Crippen molar-refractivity contribution in [3.63, 3.8) is 0 Å². The molecule has 1 heterocycles. The number of hydrogen-bond acceptors (Lipinski definition) is 2. The summed E-state index contributed by atoms with van der Waals surface area (Å²) in [4.78, 5) is 20.3. The normalized spacial score (nSPS) is 26.4. The molecule has 0 spiro atoms. The average molecular weight is 288 g/mol. The van der Waals surface area contributed by atoms with Crippen LogP contribution in [0.15, 0.2) is 4.79 Å². The van der Waals surface area contributed by atoms with E-state index in [1.54, 1.807) is 0 Å². The van der Waals surface area contributed by atoms with Crippen LogP contribution in [0.3, 0.4) is 0 Å². The van der Waals surface area contributed by atoms with Gasteiger partial charge in [0.2, 0.25) is 0 Å². The molecule has 1 saturated carbocycles. The minimum Gasteiger partial charge on any atom is -0.310 e. The van der Waals surface area contributed by atoms with E-state index in [0.717, 1.165) is 48.2 Å². The number of nitrogens with zero attached hydrogens (tertiary/aromatic N) is 1. The number of hydrogen-bond donors (Lipinski definition) is 1. The van der Waals surface area contributed by atoms with Crippen LogP contribution in [0.25, 0.3) is 0 Å². The summed E-state index contributed by atoms with van der Waals surface area (Å²) in [7, 11) is 0. The molecule has 0 radical (unpaired) electrons. The van der Waals surface area contributed by atoms with Crippen LogP contribution >= 0.6 is 0 Å². The summed E-state index contributed by atoms with van der Waals surface area (Å²) in [5, 5.41) is 0. The first-order valence-corrected chi connectivity index (χ1v) is 8.77. The third-order valence-electron chi connectivity index (χ3n) is 5.56. The van der Waals surface area contributed by atoms with Gasteiger partial charge in [-0.2, -0.15) is 0 Å². The van der Waals surface area contributed by atoms with E-state index in [2.05, 4.69) is 18.8 Å². The second kappa shape index (κ2) is 6.33. The summed E-state index contributed by atoms with van der Waals surface area (Å²) < 4.78 is 0. The van der Waals surface area contributed by atoms with Crippen molar-refractivity contribution >= 4 is 0 Å². The van der Waals surface area contributed by atoms with Crippen molar-refractivity contribution in [2.45, 2.75) is 77.6 Å². The first-order chi connectivity index (χ1) is 10.1. The van der Waals surface area contributed by atoms with Crippen LogP contribution < -0.4 is 5.56 Å². The Kier molecular flexibility index (Phi) is 4.46. The molecule has 0 aliphatic heterocycles. The van der Waals surface area contributed by atoms with Crippen LogP contribution in [-0.2, 0) is 12.8 Å². The summed E-state index contributed by atoms with van der Waals surface area (Å²) in [6, 6.07) is 0. The smallest absolute Gasteiger partial charge is 0.254 e. The summed E-state index contributed by atoms with van der Waals surface area (Å²) in [5.41, 5.74) is 2.20. The van der Waals surface area contributed by atoms with Gasteiger partial charge < -0.3 is 4.98 Å². The van der Waals surface area contributed by atoms with Crippen LogP contribution in [0.5, 0.6) is 0 Å². The predicted molar refractivity (Wildman–Crippen MR) is 85.7 cm³/mol. The maximum Gasteiger partial charge on any atom is 0.254 e. The average Bonchev–Trinajstić information content (AvgIpc) is 2.73. The molecule has 0 atom stereocenters. The summed E-state index contributed by atoms with van der Waals surface area (Å²) in [5.74, 6) is 3.09. The first kappa shape index (κ1) is 14.8. The van der Waals surface area contributed by atoms with Crippen LogP contribution in [-0.4, -0.2) is 9.97 Å². The highest BCUT2D eigenvalue weighted by Gasteiger charge is 2.26. The van der Waals surface area contributed by atoms with E-state index >= 15 is 0 Å². The Hall–Kier alpha value is -1.12. The standard InChI is InChI=1S/C18H28N2O/c1-12(2)13-8-10-14(11-9-13)17-19-16-7-5-3-4-6-15(16)18(21)20-17/h12-14H,3-11H2,1-2H3,(H,19,20,21). The molecule has 3 heteroatoms. The summed E-state index contributed by atoms with van der Waals surface area (Å²) in [6.45, 7) is 4.65. The molecule has 3 rings (SSSR count). The number of aryl methyl sites for hydroxylation is 1. The van der Waals surface area contributed by atoms with E-state index in [0.29, 0.717) is 5.92 Å². The fraction of sp³-hybridized carbons (Fsp3) is 0.778. The summed E-state index contributed by atoms with van der Waals surface area (Å²) >= 11 is 0. The van der Waals surface area contributed by atoms with E-state index in [4.69, 9.17) is 4.98 Å². The molecular weight excluding hydrogens is 260 g/mol. The lowest BCUT2D eigenvalue weighted by atomic mass is 9.76. The van der Waals surface area contributed by atoms with Crippen molar-refractivity contribution in [2.24, 2.45) is 11.8 Å². The Morgan fingerprint density at radius 3 is 2.48 bits per heavy atom. The van der Waals surface area contributed by atoms with Crippen LogP contribution in [0.2, 0.25) is 0 Å². The Morgan fingerprint density at radius 2 is 1.76 bits per heavy atom. The fourth-order valence-corrected chi connectivity index (χ4v) is 4.05. The quantitative estimate of drug-likeness (QED) is 0.837. The third-order valence-corrected chi connectivity index (χ3v) is 5.56. The molecule has 0 aromatic carbocycles. The third kappa shape index (κ3) is 3.22. The van der Waals surface area contributed by atoms with Gasteiger partial charge in [-0.3, -0.25) is 4.79 Å². The zero-order valence-corrected chi connectivity index (χ0v) is 13.5. The van der Waals surface area contributed by atoms with E-state index in [-0.39, 0.29) is 5.56 Å². The second-order valence-electron chi connectivity index (χ2n) is 7.29. The van der Waals surface area contributed by atoms with Crippen molar-refractivity contribution in [1.82, 2.24) is 9.97 Å². The number of aromatic amines is 1. The van der Waals surface area contributed by atoms with Crippen molar-refractivity contribution in [1.29, 1.82) is 0 Å². The van der Waals surface area contributed by atoms with Crippen LogP contribution in [0, 0.1) is 11.8 Å². The molecule has 2 aliphatic carbocycles. The highest BCUT2D eigenvalue weighted by molar-refractivity contribution is 5.20. The topological polar surface area (TPSA) is 45.8 Å². The Labute approximate surface area is 127 Å². The van der Waals surface area contributed by atoms with E-state index < -0.39 is 0 Å². The lowest BCUT2D eigenvalue weighted by molar-refractivity contribution is 0.254. The van der Waals surface area contributed by atoms with Crippen molar-refractivity contribution in [3.05, 3.63) is 27.4 Å². The molecule has 1 fully saturated rings. The molecule has 116 valence electrons. The Morgan fingerprint density at radius 1 is 1.05 bits per heavy atom. The molecule has 0 amide bonds. The molecule has 0 saturated heterocycles. The molecule has 0 bridgehead atoms. The molecule has 0 unspecified atom stereocenters. The van der Waals surface area contributed by atoms with Crippen molar-refractivity contribution in [2.75, 3.05) is 0 Å². The number of nitrogens with one attached hydrogen (secondary N) is 1. The lowest BCUT2D eigenvalue weighted by Gasteiger charge is -2.30. The van der Waals surface area contributed by atoms with Gasteiger partial charge in [-0.1, -0.05) is 20.3 Å². The van der Waals surface area contributed by atoms with Gasteiger partial charge in [-0.05, 0) is 63.2 Å². The monoisotopic (exact) mass is 288 g/mol. The van der Waals surface area contributed by atoms with Crippen molar-refractivity contribution in [3.8, 4) is 0 Å². The van der Waals surface area contributed by atoms with Gasteiger partial charge in [0.15, 0.2) is 0 Å². The van der Waals surface area contributed by atoms with Crippen molar-refractivity contribution < 1.29 is 0 Å². The number of aromatic nitrogens is 2. The number of rotatable bonds is 2. The van der Waals surface area contributed by atoms with E-state index in [9.17, 15) is 4.79 Å². The second-order valence-corrected chi connectivity index (χ2v) is 7.29. The largest absolute Gasteiger partial charge is 0.310 e. The molecule has 1 N–H and O–H groups in total. The molecule has 1 aromatic rings. The zero-order valence-electron chi connectivity index (χ0n) is 13.5. The fourth-order valence-electron chi connectivity index (χ4n) is 4.05.